The third-order valence-electron chi connectivity index (χ3n) is 4.68. The van der Waals surface area contributed by atoms with Gasteiger partial charge in [-0.15, -0.1) is 0 Å². The summed E-state index contributed by atoms with van der Waals surface area (Å²) >= 11 is 0. The summed E-state index contributed by atoms with van der Waals surface area (Å²) in [6.07, 6.45) is 8.14. The highest BCUT2D eigenvalue weighted by Crippen LogP contribution is 2.25. The van der Waals surface area contributed by atoms with Crippen molar-refractivity contribution in [3.05, 3.63) is 100 Å². The van der Waals surface area contributed by atoms with Crippen LogP contribution in [0.5, 0.6) is 0 Å². The van der Waals surface area contributed by atoms with Crippen LogP contribution in [0, 0.1) is 10.1 Å². The molecule has 3 aromatic rings. The summed E-state index contributed by atoms with van der Waals surface area (Å²) in [5.41, 5.74) is 2.39. The number of carbonyl (C=O) groups is 1. The number of nitro benzene ring substituents is 1. The summed E-state index contributed by atoms with van der Waals surface area (Å²) in [7, 11) is 0. The molecule has 0 spiro atoms. The van der Waals surface area contributed by atoms with Crippen molar-refractivity contribution in [3.63, 3.8) is 0 Å². The number of nitrogens with one attached hydrogen (secondary N) is 2. The van der Waals surface area contributed by atoms with Gasteiger partial charge in [-0.05, 0) is 48.2 Å². The lowest BCUT2D eigenvalue weighted by atomic mass is 10.0. The largest absolute Gasteiger partial charge is 0.354 e. The Morgan fingerprint density at radius 1 is 0.900 bits per heavy atom. The summed E-state index contributed by atoms with van der Waals surface area (Å²) in [4.78, 5) is 31.9. The normalized spacial score (nSPS) is 11.6. The van der Waals surface area contributed by atoms with E-state index in [9.17, 15) is 14.9 Å². The predicted molar refractivity (Wildman–Crippen MR) is 113 cm³/mol. The molecule has 2 heterocycles. The monoisotopic (exact) mass is 405 g/mol. The Morgan fingerprint density at radius 3 is 2.07 bits per heavy atom. The number of carbonyl (C=O) groups excluding carboxylic acids is 1. The van der Waals surface area contributed by atoms with Gasteiger partial charge >= 0.3 is 0 Å². The van der Waals surface area contributed by atoms with Gasteiger partial charge in [0.25, 0.3) is 5.69 Å². The van der Waals surface area contributed by atoms with E-state index in [-0.39, 0.29) is 11.6 Å². The maximum absolute atomic E-state index is 12.9. The third-order valence-corrected chi connectivity index (χ3v) is 4.68. The van der Waals surface area contributed by atoms with E-state index in [4.69, 9.17) is 0 Å². The van der Waals surface area contributed by atoms with Gasteiger partial charge in [-0.25, -0.2) is 0 Å². The van der Waals surface area contributed by atoms with E-state index >= 15 is 0 Å². The van der Waals surface area contributed by atoms with E-state index in [1.54, 1.807) is 43.0 Å². The number of rotatable bonds is 10. The van der Waals surface area contributed by atoms with E-state index in [2.05, 4.69) is 20.6 Å². The number of nitrogens with zero attached hydrogens (tertiary/aromatic N) is 3. The molecule has 0 bridgehead atoms. The quantitative estimate of drug-likeness (QED) is 0.396. The Morgan fingerprint density at radius 2 is 1.47 bits per heavy atom. The molecule has 1 amide bonds. The lowest BCUT2D eigenvalue weighted by Crippen LogP contribution is -2.39. The van der Waals surface area contributed by atoms with E-state index in [0.717, 1.165) is 11.1 Å². The number of aromatic nitrogens is 2. The number of benzene rings is 1. The molecule has 3 rings (SSSR count). The molecule has 1 atom stereocenters. The van der Waals surface area contributed by atoms with Crippen molar-refractivity contribution < 1.29 is 9.72 Å². The summed E-state index contributed by atoms with van der Waals surface area (Å²) in [5, 5.41) is 17.5. The molecule has 0 radical (unpaired) electrons. The number of pyridine rings is 2. The second-order valence-electron chi connectivity index (χ2n) is 6.71. The van der Waals surface area contributed by atoms with Crippen molar-refractivity contribution in [3.8, 4) is 0 Å². The molecule has 2 N–H and O–H groups in total. The van der Waals surface area contributed by atoms with Crippen LogP contribution in [0.1, 0.15) is 22.7 Å². The summed E-state index contributed by atoms with van der Waals surface area (Å²) in [5.74, 6) is -0.298. The Balaban J connectivity index is 1.69. The first-order chi connectivity index (χ1) is 14.6. The number of hydrogen-bond donors (Lipinski definition) is 2. The molecule has 2 aromatic heterocycles. The Kier molecular flexibility index (Phi) is 7.57. The minimum atomic E-state index is -0.828. The van der Waals surface area contributed by atoms with Gasteiger partial charge in [-0.1, -0.05) is 18.2 Å². The third kappa shape index (κ3) is 5.92. The van der Waals surface area contributed by atoms with Crippen LogP contribution in [-0.4, -0.2) is 33.9 Å². The van der Waals surface area contributed by atoms with Crippen LogP contribution in [-0.2, 0) is 17.6 Å². The van der Waals surface area contributed by atoms with Crippen molar-refractivity contribution in [1.82, 2.24) is 20.6 Å². The van der Waals surface area contributed by atoms with E-state index in [0.29, 0.717) is 31.5 Å². The minimum absolute atomic E-state index is 0.0804. The van der Waals surface area contributed by atoms with E-state index in [1.165, 1.54) is 6.07 Å². The van der Waals surface area contributed by atoms with E-state index in [1.807, 2.05) is 24.3 Å². The zero-order chi connectivity index (χ0) is 21.2. The molecule has 154 valence electrons. The molecule has 8 nitrogen and oxygen atoms in total. The average Bonchev–Trinajstić information content (AvgIpc) is 2.78. The molecule has 30 heavy (non-hydrogen) atoms. The Hall–Kier alpha value is -3.65. The molecule has 0 fully saturated rings. The number of para-hydroxylation sites is 1. The molecular weight excluding hydrogens is 382 g/mol. The fraction of sp³-hybridized carbons (Fsp3) is 0.227. The highest BCUT2D eigenvalue weighted by atomic mass is 16.6. The van der Waals surface area contributed by atoms with Crippen LogP contribution in [0.4, 0.5) is 5.69 Å². The molecule has 0 aliphatic heterocycles. The lowest BCUT2D eigenvalue weighted by Gasteiger charge is -2.19. The van der Waals surface area contributed by atoms with Crippen molar-refractivity contribution in [1.29, 1.82) is 0 Å². The van der Waals surface area contributed by atoms with Crippen LogP contribution in [0.3, 0.4) is 0 Å². The van der Waals surface area contributed by atoms with Crippen molar-refractivity contribution in [2.24, 2.45) is 0 Å². The molecule has 0 saturated carbocycles. The van der Waals surface area contributed by atoms with Crippen LogP contribution in [0.15, 0.2) is 73.3 Å². The highest BCUT2D eigenvalue weighted by Gasteiger charge is 2.27. The first-order valence-electron chi connectivity index (χ1n) is 9.67. The number of nitro groups is 1. The van der Waals surface area contributed by atoms with Gasteiger partial charge in [-0.3, -0.25) is 24.9 Å². The highest BCUT2D eigenvalue weighted by molar-refractivity contribution is 5.84. The second kappa shape index (κ2) is 10.8. The van der Waals surface area contributed by atoms with E-state index < -0.39 is 11.0 Å². The maximum atomic E-state index is 12.9. The van der Waals surface area contributed by atoms with Gasteiger partial charge in [0.1, 0.15) is 6.04 Å². The summed E-state index contributed by atoms with van der Waals surface area (Å²) < 4.78 is 0. The fourth-order valence-electron chi connectivity index (χ4n) is 3.13. The molecule has 0 aliphatic rings. The van der Waals surface area contributed by atoms with Gasteiger partial charge in [0, 0.05) is 43.9 Å². The van der Waals surface area contributed by atoms with Crippen molar-refractivity contribution >= 4 is 11.6 Å². The van der Waals surface area contributed by atoms with Crippen LogP contribution >= 0.6 is 0 Å². The van der Waals surface area contributed by atoms with Crippen LogP contribution < -0.4 is 10.6 Å². The van der Waals surface area contributed by atoms with Gasteiger partial charge in [0.05, 0.1) is 10.5 Å². The summed E-state index contributed by atoms with van der Waals surface area (Å²) in [6, 6.07) is 13.1. The number of hydrogen-bond acceptors (Lipinski definition) is 6. The first-order valence-corrected chi connectivity index (χ1v) is 9.67. The molecule has 1 aromatic carbocycles. The average molecular weight is 405 g/mol. The zero-order valence-electron chi connectivity index (χ0n) is 16.4. The minimum Gasteiger partial charge on any atom is -0.354 e. The fourth-order valence-corrected chi connectivity index (χ4v) is 3.13. The number of amides is 1. The topological polar surface area (TPSA) is 110 Å². The van der Waals surface area contributed by atoms with Gasteiger partial charge in [-0.2, -0.15) is 0 Å². The SMILES string of the molecule is O=C(NCCc1ccncc1)C(NCCc1ccncc1)c1ccccc1[N+](=O)[O-]. The van der Waals surface area contributed by atoms with Gasteiger partial charge in [0.2, 0.25) is 5.91 Å². The van der Waals surface area contributed by atoms with Crippen LogP contribution in [0.25, 0.3) is 0 Å². The summed E-state index contributed by atoms with van der Waals surface area (Å²) in [6.45, 7) is 0.907. The lowest BCUT2D eigenvalue weighted by molar-refractivity contribution is -0.385. The predicted octanol–water partition coefficient (Wildman–Crippen LogP) is 2.62. The van der Waals surface area contributed by atoms with Crippen LogP contribution in [0.2, 0.25) is 0 Å². The van der Waals surface area contributed by atoms with Gasteiger partial charge in [0.15, 0.2) is 0 Å². The smallest absolute Gasteiger partial charge is 0.274 e. The molecule has 0 saturated heterocycles. The van der Waals surface area contributed by atoms with Gasteiger partial charge < -0.3 is 10.6 Å². The van der Waals surface area contributed by atoms with Crippen molar-refractivity contribution in [2.75, 3.05) is 13.1 Å². The standard InChI is InChI=1S/C22H23N5O3/c28-22(26-16-10-18-7-13-24-14-8-18)21(19-3-1-2-4-20(19)27(29)30)25-15-9-17-5-11-23-12-6-17/h1-8,11-14,21,25H,9-10,15-16H2,(H,26,28). The maximum Gasteiger partial charge on any atom is 0.274 e. The molecule has 0 aliphatic carbocycles. The Labute approximate surface area is 174 Å². The molecular formula is C22H23N5O3. The first kappa shape index (κ1) is 21.1. The molecule has 8 heteroatoms. The Bertz CT molecular complexity index is 967. The molecule has 1 unspecified atom stereocenters. The zero-order valence-corrected chi connectivity index (χ0v) is 16.4. The second-order valence-corrected chi connectivity index (χ2v) is 6.71. The van der Waals surface area contributed by atoms with Crippen molar-refractivity contribution in [2.45, 2.75) is 18.9 Å².